The van der Waals surface area contributed by atoms with Gasteiger partial charge in [-0.1, -0.05) is 19.8 Å². The lowest BCUT2D eigenvalue weighted by molar-refractivity contribution is -0.136. The first-order chi connectivity index (χ1) is 12.6. The fourth-order valence-electron chi connectivity index (χ4n) is 4.42. The Morgan fingerprint density at radius 2 is 1.19 bits per heavy atom. The van der Waals surface area contributed by atoms with E-state index in [-0.39, 0.29) is 5.91 Å². The van der Waals surface area contributed by atoms with Gasteiger partial charge in [0.2, 0.25) is 11.8 Å². The van der Waals surface area contributed by atoms with Gasteiger partial charge in [-0.15, -0.1) is 0 Å². The van der Waals surface area contributed by atoms with Crippen LogP contribution in [0.5, 0.6) is 0 Å². The van der Waals surface area contributed by atoms with Gasteiger partial charge in [0.05, 0.1) is 13.1 Å². The van der Waals surface area contributed by atoms with E-state index in [9.17, 15) is 9.59 Å². The van der Waals surface area contributed by atoms with Crippen LogP contribution >= 0.6 is 0 Å². The van der Waals surface area contributed by atoms with Gasteiger partial charge in [-0.3, -0.25) is 19.4 Å². The van der Waals surface area contributed by atoms with Crippen LogP contribution < -0.4 is 0 Å². The molecule has 3 rings (SSSR count). The standard InChI is InChI=1S/C20H36N4O2/c1-18-7-6-10-24(15-18)20(26)17-22-13-11-21(12-14-22)16-19(25)23-8-4-2-3-5-9-23/h18H,2-17H2,1H3. The van der Waals surface area contributed by atoms with E-state index in [1.807, 2.05) is 4.90 Å². The third-order valence-electron chi connectivity index (χ3n) is 6.15. The Balaban J connectivity index is 1.37. The molecule has 6 heteroatoms. The molecule has 0 spiro atoms. The van der Waals surface area contributed by atoms with Gasteiger partial charge in [-0.2, -0.15) is 0 Å². The first kappa shape index (κ1) is 19.6. The number of carbonyl (C=O) groups excluding carboxylic acids is 2. The number of hydrogen-bond donors (Lipinski definition) is 0. The summed E-state index contributed by atoms with van der Waals surface area (Å²) >= 11 is 0. The molecule has 1 atom stereocenters. The molecule has 0 aliphatic carbocycles. The first-order valence-corrected chi connectivity index (χ1v) is 10.6. The lowest BCUT2D eigenvalue weighted by Crippen LogP contribution is -2.53. The van der Waals surface area contributed by atoms with Crippen LogP contribution in [0.4, 0.5) is 0 Å². The maximum absolute atomic E-state index is 12.5. The molecule has 2 amide bonds. The minimum atomic E-state index is 0.283. The van der Waals surface area contributed by atoms with Gasteiger partial charge in [0.15, 0.2) is 0 Å². The summed E-state index contributed by atoms with van der Waals surface area (Å²) in [6, 6.07) is 0. The van der Waals surface area contributed by atoms with Crippen LogP contribution in [0.25, 0.3) is 0 Å². The Hall–Kier alpha value is -1.14. The number of rotatable bonds is 4. The maximum Gasteiger partial charge on any atom is 0.236 e. The summed E-state index contributed by atoms with van der Waals surface area (Å²) in [5.74, 6) is 1.21. The molecule has 0 saturated carbocycles. The normalized spacial score (nSPS) is 26.6. The molecule has 6 nitrogen and oxygen atoms in total. The van der Waals surface area contributed by atoms with Crippen LogP contribution in [-0.2, 0) is 9.59 Å². The number of nitrogens with zero attached hydrogens (tertiary/aromatic N) is 4. The van der Waals surface area contributed by atoms with Crippen molar-refractivity contribution in [3.63, 3.8) is 0 Å². The molecule has 3 aliphatic heterocycles. The quantitative estimate of drug-likeness (QED) is 0.754. The van der Waals surface area contributed by atoms with Crippen molar-refractivity contribution in [2.75, 3.05) is 65.4 Å². The van der Waals surface area contributed by atoms with Crippen molar-refractivity contribution in [3.05, 3.63) is 0 Å². The summed E-state index contributed by atoms with van der Waals surface area (Å²) in [5.41, 5.74) is 0. The van der Waals surface area contributed by atoms with Gasteiger partial charge in [-0.25, -0.2) is 0 Å². The van der Waals surface area contributed by atoms with Crippen molar-refractivity contribution in [1.82, 2.24) is 19.6 Å². The molecule has 0 N–H and O–H groups in total. The van der Waals surface area contributed by atoms with E-state index in [1.54, 1.807) is 0 Å². The lowest BCUT2D eigenvalue weighted by Gasteiger charge is -2.37. The average molecular weight is 365 g/mol. The molecular weight excluding hydrogens is 328 g/mol. The number of amides is 2. The summed E-state index contributed by atoms with van der Waals surface area (Å²) in [7, 11) is 0. The van der Waals surface area contributed by atoms with E-state index in [0.29, 0.717) is 24.9 Å². The molecule has 1 unspecified atom stereocenters. The molecule has 3 aliphatic rings. The van der Waals surface area contributed by atoms with Gasteiger partial charge in [0, 0.05) is 52.4 Å². The third-order valence-corrected chi connectivity index (χ3v) is 6.15. The maximum atomic E-state index is 12.5. The Morgan fingerprint density at radius 1 is 0.692 bits per heavy atom. The van der Waals surface area contributed by atoms with Crippen LogP contribution in [0.2, 0.25) is 0 Å². The van der Waals surface area contributed by atoms with E-state index >= 15 is 0 Å². The summed E-state index contributed by atoms with van der Waals surface area (Å²) < 4.78 is 0. The Kier molecular flexibility index (Phi) is 7.32. The van der Waals surface area contributed by atoms with Gasteiger partial charge < -0.3 is 9.80 Å². The SMILES string of the molecule is CC1CCCN(C(=O)CN2CCN(CC(=O)N3CCCCCC3)CC2)C1. The molecule has 0 bridgehead atoms. The second kappa shape index (κ2) is 9.70. The first-order valence-electron chi connectivity index (χ1n) is 10.6. The minimum absolute atomic E-state index is 0.283. The average Bonchev–Trinajstić information content (AvgIpc) is 2.93. The van der Waals surface area contributed by atoms with Crippen LogP contribution in [-0.4, -0.2) is 96.9 Å². The second-order valence-corrected chi connectivity index (χ2v) is 8.43. The zero-order chi connectivity index (χ0) is 18.4. The number of piperazine rings is 1. The molecule has 0 radical (unpaired) electrons. The molecule has 0 aromatic rings. The van der Waals surface area contributed by atoms with E-state index in [0.717, 1.165) is 71.6 Å². The Bertz CT molecular complexity index is 444. The summed E-state index contributed by atoms with van der Waals surface area (Å²) in [5, 5.41) is 0. The number of likely N-dealkylation sites (tertiary alicyclic amines) is 2. The van der Waals surface area contributed by atoms with Crippen LogP contribution in [0, 0.1) is 5.92 Å². The summed E-state index contributed by atoms with van der Waals surface area (Å²) in [6.45, 7) is 10.6. The zero-order valence-electron chi connectivity index (χ0n) is 16.5. The van der Waals surface area contributed by atoms with E-state index in [2.05, 4.69) is 21.6 Å². The summed E-state index contributed by atoms with van der Waals surface area (Å²) in [4.78, 5) is 33.7. The summed E-state index contributed by atoms with van der Waals surface area (Å²) in [6.07, 6.45) is 7.19. The number of hydrogen-bond acceptors (Lipinski definition) is 4. The molecule has 0 aromatic carbocycles. The molecular formula is C20H36N4O2. The fourth-order valence-corrected chi connectivity index (χ4v) is 4.42. The monoisotopic (exact) mass is 364 g/mol. The lowest BCUT2D eigenvalue weighted by atomic mass is 10.0. The molecule has 3 saturated heterocycles. The van der Waals surface area contributed by atoms with Crippen LogP contribution in [0.15, 0.2) is 0 Å². The van der Waals surface area contributed by atoms with Crippen molar-refractivity contribution >= 4 is 11.8 Å². The molecule has 0 aromatic heterocycles. The Labute approximate surface area is 158 Å². The smallest absolute Gasteiger partial charge is 0.236 e. The predicted molar refractivity (Wildman–Crippen MR) is 103 cm³/mol. The van der Waals surface area contributed by atoms with Gasteiger partial charge >= 0.3 is 0 Å². The molecule has 148 valence electrons. The van der Waals surface area contributed by atoms with Crippen molar-refractivity contribution < 1.29 is 9.59 Å². The zero-order valence-corrected chi connectivity index (χ0v) is 16.5. The topological polar surface area (TPSA) is 47.1 Å². The van der Waals surface area contributed by atoms with Crippen molar-refractivity contribution in [2.24, 2.45) is 5.92 Å². The van der Waals surface area contributed by atoms with E-state index in [1.165, 1.54) is 19.3 Å². The van der Waals surface area contributed by atoms with Gasteiger partial charge in [-0.05, 0) is 31.6 Å². The van der Waals surface area contributed by atoms with Gasteiger partial charge in [0.25, 0.3) is 0 Å². The van der Waals surface area contributed by atoms with Crippen molar-refractivity contribution in [2.45, 2.75) is 45.4 Å². The molecule has 3 fully saturated rings. The number of carbonyl (C=O) groups is 2. The van der Waals surface area contributed by atoms with E-state index in [4.69, 9.17) is 0 Å². The highest BCUT2D eigenvalue weighted by molar-refractivity contribution is 5.79. The van der Waals surface area contributed by atoms with Crippen LogP contribution in [0.3, 0.4) is 0 Å². The largest absolute Gasteiger partial charge is 0.342 e. The highest BCUT2D eigenvalue weighted by Crippen LogP contribution is 2.16. The number of piperidine rings is 1. The molecule has 3 heterocycles. The van der Waals surface area contributed by atoms with E-state index < -0.39 is 0 Å². The van der Waals surface area contributed by atoms with Crippen molar-refractivity contribution in [3.8, 4) is 0 Å². The third kappa shape index (κ3) is 5.68. The minimum Gasteiger partial charge on any atom is -0.342 e. The fraction of sp³-hybridized carbons (Fsp3) is 0.900. The second-order valence-electron chi connectivity index (χ2n) is 8.43. The van der Waals surface area contributed by atoms with Crippen molar-refractivity contribution in [1.29, 1.82) is 0 Å². The highest BCUT2D eigenvalue weighted by Gasteiger charge is 2.26. The predicted octanol–water partition coefficient (Wildman–Crippen LogP) is 1.27. The van der Waals surface area contributed by atoms with Gasteiger partial charge in [0.1, 0.15) is 0 Å². The highest BCUT2D eigenvalue weighted by atomic mass is 16.2. The van der Waals surface area contributed by atoms with Crippen LogP contribution in [0.1, 0.15) is 45.4 Å². The Morgan fingerprint density at radius 3 is 1.73 bits per heavy atom. The molecule has 26 heavy (non-hydrogen) atoms.